The topological polar surface area (TPSA) is 38.7 Å². The quantitative estimate of drug-likeness (QED) is 0.491. The summed E-state index contributed by atoms with van der Waals surface area (Å²) in [7, 11) is 0. The van der Waals surface area contributed by atoms with Crippen molar-refractivity contribution in [3.63, 3.8) is 0 Å². The van der Waals surface area contributed by atoms with E-state index in [0.29, 0.717) is 0 Å². The first-order chi connectivity index (χ1) is 9.93. The summed E-state index contributed by atoms with van der Waals surface area (Å²) in [4.78, 5) is 0. The van der Waals surface area contributed by atoms with Gasteiger partial charge in [0.1, 0.15) is 0 Å². The summed E-state index contributed by atoms with van der Waals surface area (Å²) in [6.45, 7) is 1.96. The zero-order chi connectivity index (χ0) is 14.3. The van der Waals surface area contributed by atoms with E-state index in [0.717, 1.165) is 45.3 Å². The summed E-state index contributed by atoms with van der Waals surface area (Å²) in [5.41, 5.74) is 0. The van der Waals surface area contributed by atoms with Crippen molar-refractivity contribution in [2.75, 3.05) is 19.8 Å². The van der Waals surface area contributed by atoms with Crippen LogP contribution in [0.4, 0.5) is 0 Å². The third-order valence-corrected chi connectivity index (χ3v) is 3.47. The first-order valence-electron chi connectivity index (χ1n) is 8.23. The molecule has 0 spiro atoms. The molecule has 20 heavy (non-hydrogen) atoms. The number of aliphatic hydroxyl groups is 1. The van der Waals surface area contributed by atoms with Gasteiger partial charge in [-0.1, -0.05) is 19.3 Å². The van der Waals surface area contributed by atoms with Crippen LogP contribution in [-0.2, 0) is 9.47 Å². The maximum Gasteiger partial charge on any atom is 0.157 e. The van der Waals surface area contributed by atoms with Crippen molar-refractivity contribution in [1.29, 1.82) is 0 Å². The Balaban J connectivity index is 1.76. The predicted octanol–water partition coefficient (Wildman–Crippen LogP) is 3.65. The normalized spacial score (nSPS) is 18.6. The first-order valence-corrected chi connectivity index (χ1v) is 8.23. The second-order valence-electron chi connectivity index (χ2n) is 5.37. The lowest BCUT2D eigenvalue weighted by molar-refractivity contribution is -0.162. The lowest BCUT2D eigenvalue weighted by Crippen LogP contribution is -2.22. The van der Waals surface area contributed by atoms with E-state index in [2.05, 4.69) is 11.8 Å². The van der Waals surface area contributed by atoms with Crippen molar-refractivity contribution >= 4 is 0 Å². The average Bonchev–Trinajstić information content (AvgIpc) is 2.49. The minimum Gasteiger partial charge on any atom is -0.396 e. The van der Waals surface area contributed by atoms with Gasteiger partial charge in [-0.2, -0.15) is 0 Å². The standard InChI is InChI=1S/C17H30O3/c18-14-10-7-5-3-1-2-4-6-8-11-15-19-17-13-9-12-16-20-17/h17-18H,1-2,4,6-16H2/t17-/m0/s1. The van der Waals surface area contributed by atoms with Crippen molar-refractivity contribution in [3.8, 4) is 11.8 Å². The molecular weight excluding hydrogens is 252 g/mol. The molecule has 0 amide bonds. The predicted molar refractivity (Wildman–Crippen MR) is 81.3 cm³/mol. The minimum absolute atomic E-state index is 0.0675. The number of unbranched alkanes of at least 4 members (excludes halogenated alkanes) is 6. The van der Waals surface area contributed by atoms with E-state index >= 15 is 0 Å². The van der Waals surface area contributed by atoms with Crippen molar-refractivity contribution in [1.82, 2.24) is 0 Å². The molecule has 1 aliphatic heterocycles. The summed E-state index contributed by atoms with van der Waals surface area (Å²) in [6.07, 6.45) is 12.3. The lowest BCUT2D eigenvalue weighted by Gasteiger charge is -2.22. The number of hydrogen-bond donors (Lipinski definition) is 1. The lowest BCUT2D eigenvalue weighted by atomic mass is 10.1. The Morgan fingerprint density at radius 1 is 0.950 bits per heavy atom. The molecule has 0 saturated carbocycles. The molecule has 0 aromatic heterocycles. The molecule has 0 aliphatic carbocycles. The smallest absolute Gasteiger partial charge is 0.157 e. The molecule has 116 valence electrons. The van der Waals surface area contributed by atoms with Gasteiger partial charge in [0.15, 0.2) is 6.29 Å². The Morgan fingerprint density at radius 3 is 2.45 bits per heavy atom. The molecule has 3 nitrogen and oxygen atoms in total. The maximum atomic E-state index is 8.61. The van der Waals surface area contributed by atoms with Crippen LogP contribution >= 0.6 is 0 Å². The van der Waals surface area contributed by atoms with Crippen LogP contribution in [0.1, 0.15) is 70.6 Å². The molecule has 0 bridgehead atoms. The van der Waals surface area contributed by atoms with E-state index in [9.17, 15) is 0 Å². The monoisotopic (exact) mass is 282 g/mol. The molecule has 3 heteroatoms. The van der Waals surface area contributed by atoms with Crippen LogP contribution in [0.2, 0.25) is 0 Å². The average molecular weight is 282 g/mol. The van der Waals surface area contributed by atoms with E-state index in [1.54, 1.807) is 0 Å². The summed E-state index contributed by atoms with van der Waals surface area (Å²) >= 11 is 0. The molecule has 0 radical (unpaired) electrons. The van der Waals surface area contributed by atoms with E-state index in [-0.39, 0.29) is 12.9 Å². The van der Waals surface area contributed by atoms with E-state index in [4.69, 9.17) is 14.6 Å². The highest BCUT2D eigenvalue weighted by atomic mass is 16.7. The maximum absolute atomic E-state index is 8.61. The largest absolute Gasteiger partial charge is 0.396 e. The molecule has 1 aliphatic rings. The Hall–Kier alpha value is -0.560. The van der Waals surface area contributed by atoms with Crippen molar-refractivity contribution in [3.05, 3.63) is 0 Å². The Morgan fingerprint density at radius 2 is 1.70 bits per heavy atom. The van der Waals surface area contributed by atoms with E-state index < -0.39 is 0 Å². The van der Waals surface area contributed by atoms with Crippen LogP contribution < -0.4 is 0 Å². The van der Waals surface area contributed by atoms with Gasteiger partial charge < -0.3 is 14.6 Å². The third-order valence-electron chi connectivity index (χ3n) is 3.47. The first kappa shape index (κ1) is 17.5. The fourth-order valence-corrected chi connectivity index (χ4v) is 2.25. The van der Waals surface area contributed by atoms with E-state index in [1.165, 1.54) is 38.5 Å². The molecule has 1 saturated heterocycles. The van der Waals surface area contributed by atoms with Gasteiger partial charge in [0.25, 0.3) is 0 Å². The number of hydrogen-bond acceptors (Lipinski definition) is 3. The van der Waals surface area contributed by atoms with Crippen LogP contribution in [-0.4, -0.2) is 31.2 Å². The number of rotatable bonds is 10. The number of ether oxygens (including phenoxy) is 2. The minimum atomic E-state index is 0.0675. The van der Waals surface area contributed by atoms with Crippen LogP contribution in [0, 0.1) is 11.8 Å². The van der Waals surface area contributed by atoms with Gasteiger partial charge in [-0.3, -0.25) is 0 Å². The number of aliphatic hydroxyl groups excluding tert-OH is 1. The van der Waals surface area contributed by atoms with Crippen molar-refractivity contribution in [2.24, 2.45) is 0 Å². The zero-order valence-corrected chi connectivity index (χ0v) is 12.7. The van der Waals surface area contributed by atoms with Gasteiger partial charge in [0, 0.05) is 32.7 Å². The van der Waals surface area contributed by atoms with Gasteiger partial charge in [0.05, 0.1) is 0 Å². The van der Waals surface area contributed by atoms with Gasteiger partial charge in [-0.25, -0.2) is 0 Å². The van der Waals surface area contributed by atoms with Crippen LogP contribution in [0.25, 0.3) is 0 Å². The fourth-order valence-electron chi connectivity index (χ4n) is 2.25. The molecule has 1 atom stereocenters. The Labute approximate surface area is 124 Å². The zero-order valence-electron chi connectivity index (χ0n) is 12.7. The molecule has 1 rings (SSSR count). The summed E-state index contributed by atoms with van der Waals surface area (Å²) < 4.78 is 11.2. The fraction of sp³-hybridized carbons (Fsp3) is 0.882. The van der Waals surface area contributed by atoms with Crippen LogP contribution in [0.5, 0.6) is 0 Å². The van der Waals surface area contributed by atoms with Crippen LogP contribution in [0.3, 0.4) is 0 Å². The summed E-state index contributed by atoms with van der Waals surface area (Å²) in [5.74, 6) is 6.25. The molecule has 0 aromatic carbocycles. The van der Waals surface area contributed by atoms with Crippen molar-refractivity contribution < 1.29 is 14.6 Å². The second kappa shape index (κ2) is 13.4. The Kier molecular flexibility index (Phi) is 11.7. The van der Waals surface area contributed by atoms with Crippen molar-refractivity contribution in [2.45, 2.75) is 76.9 Å². The molecule has 1 fully saturated rings. The Bertz CT molecular complexity index is 261. The van der Waals surface area contributed by atoms with Gasteiger partial charge >= 0.3 is 0 Å². The molecular formula is C17H30O3. The van der Waals surface area contributed by atoms with Gasteiger partial charge in [-0.15, -0.1) is 11.8 Å². The van der Waals surface area contributed by atoms with Gasteiger partial charge in [0.2, 0.25) is 0 Å². The third kappa shape index (κ3) is 10.3. The molecule has 0 aromatic rings. The second-order valence-corrected chi connectivity index (χ2v) is 5.37. The van der Waals surface area contributed by atoms with Crippen LogP contribution in [0.15, 0.2) is 0 Å². The highest BCUT2D eigenvalue weighted by Crippen LogP contribution is 2.14. The van der Waals surface area contributed by atoms with Gasteiger partial charge in [-0.05, 0) is 38.5 Å². The highest BCUT2D eigenvalue weighted by Gasteiger charge is 2.13. The molecule has 1 heterocycles. The SMILES string of the molecule is OCCCC#CCCCCCCCO[C@@H]1CCCCO1. The molecule has 1 N–H and O–H groups in total. The summed E-state index contributed by atoms with van der Waals surface area (Å²) in [5, 5.41) is 8.61. The highest BCUT2D eigenvalue weighted by molar-refractivity contribution is 4.98. The summed E-state index contributed by atoms with van der Waals surface area (Å²) in [6, 6.07) is 0. The molecule has 0 unspecified atom stereocenters. The van der Waals surface area contributed by atoms with E-state index in [1.807, 2.05) is 0 Å².